The van der Waals surface area contributed by atoms with Gasteiger partial charge in [0.25, 0.3) is 0 Å². The molecule has 0 radical (unpaired) electrons. The fourth-order valence-electron chi connectivity index (χ4n) is 1.73. The number of hydrogen-bond acceptors (Lipinski definition) is 3. The van der Waals surface area contributed by atoms with Gasteiger partial charge in [-0.15, -0.1) is 11.3 Å². The van der Waals surface area contributed by atoms with Crippen LogP contribution in [0.4, 0.5) is 0 Å². The minimum Gasteiger partial charge on any atom is -0.383 e. The van der Waals surface area contributed by atoms with Gasteiger partial charge in [0.1, 0.15) is 0 Å². The molecule has 0 spiro atoms. The van der Waals surface area contributed by atoms with Crippen LogP contribution >= 0.6 is 11.3 Å². The van der Waals surface area contributed by atoms with Crippen molar-refractivity contribution < 1.29 is 4.74 Å². The van der Waals surface area contributed by atoms with E-state index >= 15 is 0 Å². The molecule has 1 aromatic rings. The van der Waals surface area contributed by atoms with Crippen LogP contribution in [0.2, 0.25) is 0 Å². The van der Waals surface area contributed by atoms with Gasteiger partial charge in [-0.25, -0.2) is 0 Å². The van der Waals surface area contributed by atoms with Gasteiger partial charge in [0.05, 0.1) is 6.61 Å². The molecular formula is C13H23NOS. The summed E-state index contributed by atoms with van der Waals surface area (Å²) in [6.45, 7) is 6.37. The Labute approximate surface area is 103 Å². The zero-order valence-electron chi connectivity index (χ0n) is 10.5. The molecule has 0 fully saturated rings. The fraction of sp³-hybridized carbons (Fsp3) is 0.692. The average Bonchev–Trinajstić information content (AvgIpc) is 2.76. The maximum atomic E-state index is 5.17. The highest BCUT2D eigenvalue weighted by Gasteiger charge is 2.08. The van der Waals surface area contributed by atoms with Crippen molar-refractivity contribution in [1.82, 2.24) is 5.32 Å². The summed E-state index contributed by atoms with van der Waals surface area (Å²) >= 11 is 1.85. The van der Waals surface area contributed by atoms with Gasteiger partial charge in [0.15, 0.2) is 0 Å². The molecular weight excluding hydrogens is 218 g/mol. The van der Waals surface area contributed by atoms with Crippen molar-refractivity contribution in [3.8, 4) is 0 Å². The van der Waals surface area contributed by atoms with E-state index in [1.807, 2.05) is 11.3 Å². The van der Waals surface area contributed by atoms with Crippen LogP contribution in [0.5, 0.6) is 0 Å². The van der Waals surface area contributed by atoms with Gasteiger partial charge in [0, 0.05) is 18.0 Å². The number of hydrogen-bond donors (Lipinski definition) is 1. The van der Waals surface area contributed by atoms with Crippen LogP contribution in [0.3, 0.4) is 0 Å². The summed E-state index contributed by atoms with van der Waals surface area (Å²) in [5.74, 6) is 0.685. The zero-order chi connectivity index (χ0) is 11.8. The molecule has 2 unspecified atom stereocenters. The van der Waals surface area contributed by atoms with E-state index in [0.29, 0.717) is 12.0 Å². The first-order chi connectivity index (χ1) is 7.76. The van der Waals surface area contributed by atoms with Gasteiger partial charge in [-0.05, 0) is 36.8 Å². The largest absolute Gasteiger partial charge is 0.383 e. The molecule has 1 N–H and O–H groups in total. The highest BCUT2D eigenvalue weighted by atomic mass is 32.1. The molecule has 92 valence electrons. The second-order valence-corrected chi connectivity index (χ2v) is 5.39. The maximum absolute atomic E-state index is 5.17. The van der Waals surface area contributed by atoms with Gasteiger partial charge in [0.2, 0.25) is 0 Å². The first-order valence-electron chi connectivity index (χ1n) is 6.01. The smallest absolute Gasteiger partial charge is 0.0615 e. The van der Waals surface area contributed by atoms with Crippen molar-refractivity contribution >= 4 is 11.3 Å². The van der Waals surface area contributed by atoms with Gasteiger partial charge in [-0.1, -0.05) is 19.9 Å². The molecule has 0 saturated heterocycles. The summed E-state index contributed by atoms with van der Waals surface area (Å²) in [4.78, 5) is 1.48. The van der Waals surface area contributed by atoms with Crippen LogP contribution < -0.4 is 5.32 Å². The molecule has 16 heavy (non-hydrogen) atoms. The van der Waals surface area contributed by atoms with Crippen molar-refractivity contribution in [2.45, 2.75) is 32.7 Å². The van der Waals surface area contributed by atoms with Crippen LogP contribution in [-0.2, 0) is 11.2 Å². The number of rotatable bonds is 8. The lowest BCUT2D eigenvalue weighted by Crippen LogP contribution is -2.36. The van der Waals surface area contributed by atoms with E-state index in [1.165, 1.54) is 11.3 Å². The van der Waals surface area contributed by atoms with Crippen molar-refractivity contribution in [1.29, 1.82) is 0 Å². The van der Waals surface area contributed by atoms with Crippen LogP contribution in [0.25, 0.3) is 0 Å². The molecule has 2 nitrogen and oxygen atoms in total. The van der Waals surface area contributed by atoms with E-state index in [-0.39, 0.29) is 0 Å². The molecule has 0 saturated carbocycles. The van der Waals surface area contributed by atoms with E-state index in [9.17, 15) is 0 Å². The molecule has 1 rings (SSSR count). The molecule has 2 atom stereocenters. The lowest BCUT2D eigenvalue weighted by atomic mass is 10.1. The van der Waals surface area contributed by atoms with E-state index in [2.05, 4.69) is 36.7 Å². The predicted molar refractivity (Wildman–Crippen MR) is 71.1 cm³/mol. The second-order valence-electron chi connectivity index (χ2n) is 4.36. The van der Waals surface area contributed by atoms with E-state index in [1.54, 1.807) is 7.11 Å². The summed E-state index contributed by atoms with van der Waals surface area (Å²) in [6.07, 6.45) is 2.30. The normalized spacial score (nSPS) is 14.9. The number of nitrogens with one attached hydrogen (secondary N) is 1. The molecule has 0 aliphatic rings. The van der Waals surface area contributed by atoms with E-state index in [4.69, 9.17) is 4.74 Å². The number of methoxy groups -OCH3 is 1. The van der Waals surface area contributed by atoms with Crippen LogP contribution in [0.15, 0.2) is 17.5 Å². The third-order valence-electron chi connectivity index (χ3n) is 2.75. The summed E-state index contributed by atoms with van der Waals surface area (Å²) in [6, 6.07) is 4.84. The second kappa shape index (κ2) is 7.82. The van der Waals surface area contributed by atoms with Gasteiger partial charge >= 0.3 is 0 Å². The molecule has 0 amide bonds. The zero-order valence-corrected chi connectivity index (χ0v) is 11.3. The SMILES string of the molecule is CCC(COC)NCC(C)Cc1cccs1. The summed E-state index contributed by atoms with van der Waals surface area (Å²) in [5, 5.41) is 5.71. The Morgan fingerprint density at radius 1 is 1.50 bits per heavy atom. The van der Waals surface area contributed by atoms with Crippen molar-refractivity contribution in [3.05, 3.63) is 22.4 Å². The molecule has 0 bridgehead atoms. The Bertz CT molecular complexity index is 261. The van der Waals surface area contributed by atoms with Crippen LogP contribution in [-0.4, -0.2) is 26.3 Å². The van der Waals surface area contributed by atoms with Crippen molar-refractivity contribution in [2.24, 2.45) is 5.92 Å². The molecule has 1 aromatic heterocycles. The Balaban J connectivity index is 2.21. The third kappa shape index (κ3) is 5.10. The summed E-state index contributed by atoms with van der Waals surface area (Å²) < 4.78 is 5.17. The van der Waals surface area contributed by atoms with Crippen molar-refractivity contribution in [3.63, 3.8) is 0 Å². The Morgan fingerprint density at radius 2 is 2.31 bits per heavy atom. The standard InChI is InChI=1S/C13H23NOS/c1-4-12(10-15-3)14-9-11(2)8-13-6-5-7-16-13/h5-7,11-12,14H,4,8-10H2,1-3H3. The summed E-state index contributed by atoms with van der Waals surface area (Å²) in [5.41, 5.74) is 0. The summed E-state index contributed by atoms with van der Waals surface area (Å²) in [7, 11) is 1.76. The lowest BCUT2D eigenvalue weighted by Gasteiger charge is -2.19. The van der Waals surface area contributed by atoms with Gasteiger partial charge in [-0.3, -0.25) is 0 Å². The van der Waals surface area contributed by atoms with Gasteiger partial charge < -0.3 is 10.1 Å². The molecule has 0 aliphatic heterocycles. The molecule has 0 aromatic carbocycles. The highest BCUT2D eigenvalue weighted by molar-refractivity contribution is 7.09. The highest BCUT2D eigenvalue weighted by Crippen LogP contribution is 2.13. The monoisotopic (exact) mass is 241 g/mol. The van der Waals surface area contributed by atoms with Gasteiger partial charge in [-0.2, -0.15) is 0 Å². The molecule has 0 aliphatic carbocycles. The van der Waals surface area contributed by atoms with Crippen LogP contribution in [0, 0.1) is 5.92 Å². The quantitative estimate of drug-likeness (QED) is 0.755. The average molecular weight is 241 g/mol. The van der Waals surface area contributed by atoms with E-state index < -0.39 is 0 Å². The minimum atomic E-state index is 0.496. The first kappa shape index (κ1) is 13.7. The fourth-order valence-corrected chi connectivity index (χ4v) is 2.60. The Kier molecular flexibility index (Phi) is 6.69. The molecule has 3 heteroatoms. The van der Waals surface area contributed by atoms with E-state index in [0.717, 1.165) is 19.6 Å². The number of thiophene rings is 1. The third-order valence-corrected chi connectivity index (χ3v) is 3.64. The maximum Gasteiger partial charge on any atom is 0.0615 e. The minimum absolute atomic E-state index is 0.496. The Hall–Kier alpha value is -0.380. The lowest BCUT2D eigenvalue weighted by molar-refractivity contribution is 0.162. The van der Waals surface area contributed by atoms with Crippen molar-refractivity contribution in [2.75, 3.05) is 20.3 Å². The number of ether oxygens (including phenoxy) is 1. The Morgan fingerprint density at radius 3 is 2.88 bits per heavy atom. The topological polar surface area (TPSA) is 21.3 Å². The molecule has 1 heterocycles. The first-order valence-corrected chi connectivity index (χ1v) is 6.88. The predicted octanol–water partition coefficient (Wildman–Crippen LogP) is 2.94. The van der Waals surface area contributed by atoms with Crippen LogP contribution in [0.1, 0.15) is 25.1 Å².